The normalized spacial score (nSPS) is 15.9. The van der Waals surface area contributed by atoms with E-state index in [1.54, 1.807) is 0 Å². The highest BCUT2D eigenvalue weighted by Crippen LogP contribution is 2.16. The highest BCUT2D eigenvalue weighted by Gasteiger charge is 2.21. The summed E-state index contributed by atoms with van der Waals surface area (Å²) in [5.74, 6) is 0.0453. The molecule has 1 aromatic heterocycles. The highest BCUT2D eigenvalue weighted by atomic mass is 35.5. The second-order valence-electron chi connectivity index (χ2n) is 6.69. The topological polar surface area (TPSA) is 71.2 Å². The molecule has 1 unspecified atom stereocenters. The molecule has 0 radical (unpaired) electrons. The third-order valence-electron chi connectivity index (χ3n) is 4.74. The van der Waals surface area contributed by atoms with E-state index in [0.29, 0.717) is 6.42 Å². The van der Waals surface area contributed by atoms with Crippen LogP contribution in [0.15, 0.2) is 54.9 Å². The van der Waals surface area contributed by atoms with E-state index in [4.69, 9.17) is 5.73 Å². The summed E-state index contributed by atoms with van der Waals surface area (Å²) >= 11 is 0. The van der Waals surface area contributed by atoms with Crippen LogP contribution in [0.4, 0.5) is 0 Å². The molecule has 5 nitrogen and oxygen atoms in total. The maximum Gasteiger partial charge on any atom is 0.222 e. The monoisotopic (exact) mass is 410 g/mol. The Morgan fingerprint density at radius 1 is 1.11 bits per heavy atom. The Morgan fingerprint density at radius 3 is 2.37 bits per heavy atom. The van der Waals surface area contributed by atoms with Crippen LogP contribution in [0.3, 0.4) is 0 Å². The van der Waals surface area contributed by atoms with Gasteiger partial charge in [0, 0.05) is 50.5 Å². The predicted octanol–water partition coefficient (Wildman–Crippen LogP) is 3.10. The predicted molar refractivity (Wildman–Crippen MR) is 113 cm³/mol. The second kappa shape index (κ2) is 11.9. The molecule has 1 saturated heterocycles. The number of amides is 1. The fourth-order valence-corrected chi connectivity index (χ4v) is 3.29. The Hall–Kier alpha value is -1.66. The van der Waals surface area contributed by atoms with Crippen LogP contribution in [0, 0.1) is 0 Å². The number of nitrogens with zero attached hydrogens (tertiary/aromatic N) is 2. The number of likely N-dealkylation sites (tertiary alicyclic amines) is 1. The van der Waals surface area contributed by atoms with E-state index >= 15 is 0 Å². The average Bonchev–Trinajstić information content (AvgIpc) is 2.65. The van der Waals surface area contributed by atoms with Crippen molar-refractivity contribution in [1.29, 1.82) is 0 Å². The average molecular weight is 411 g/mol. The second-order valence-corrected chi connectivity index (χ2v) is 6.69. The first-order valence-corrected chi connectivity index (χ1v) is 8.92. The Balaban J connectivity index is 0.00000182. The summed E-state index contributed by atoms with van der Waals surface area (Å²) in [7, 11) is 0. The van der Waals surface area contributed by atoms with E-state index in [1.807, 2.05) is 42.7 Å². The minimum Gasteiger partial charge on any atom is -0.353 e. The summed E-state index contributed by atoms with van der Waals surface area (Å²) < 4.78 is 0. The van der Waals surface area contributed by atoms with Gasteiger partial charge in [-0.05, 0) is 36.1 Å². The molecule has 1 amide bonds. The van der Waals surface area contributed by atoms with Crippen LogP contribution in [0.2, 0.25) is 0 Å². The Labute approximate surface area is 173 Å². The van der Waals surface area contributed by atoms with Gasteiger partial charge in [-0.2, -0.15) is 0 Å². The van der Waals surface area contributed by atoms with Gasteiger partial charge in [0.25, 0.3) is 0 Å². The Kier molecular flexibility index (Phi) is 10.3. The van der Waals surface area contributed by atoms with Crippen molar-refractivity contribution in [2.24, 2.45) is 5.73 Å². The number of pyridine rings is 1. The fourth-order valence-electron chi connectivity index (χ4n) is 3.29. The van der Waals surface area contributed by atoms with Crippen LogP contribution in [0.5, 0.6) is 0 Å². The number of hydrogen-bond acceptors (Lipinski definition) is 4. The van der Waals surface area contributed by atoms with Gasteiger partial charge in [-0.25, -0.2) is 0 Å². The van der Waals surface area contributed by atoms with Crippen LogP contribution in [-0.2, 0) is 11.3 Å². The zero-order valence-corrected chi connectivity index (χ0v) is 16.9. The first-order valence-electron chi connectivity index (χ1n) is 8.92. The lowest BCUT2D eigenvalue weighted by molar-refractivity contribution is -0.122. The molecule has 0 spiro atoms. The van der Waals surface area contributed by atoms with Crippen molar-refractivity contribution >= 4 is 30.7 Å². The van der Waals surface area contributed by atoms with Gasteiger partial charge in [-0.15, -0.1) is 24.8 Å². The molecule has 2 aromatic rings. The molecule has 1 aliphatic heterocycles. The molecule has 2 heterocycles. The van der Waals surface area contributed by atoms with Gasteiger partial charge in [-0.1, -0.05) is 30.3 Å². The summed E-state index contributed by atoms with van der Waals surface area (Å²) in [5.41, 5.74) is 8.42. The molecule has 3 rings (SSSR count). The van der Waals surface area contributed by atoms with E-state index in [9.17, 15) is 4.79 Å². The van der Waals surface area contributed by atoms with Gasteiger partial charge in [0.2, 0.25) is 5.91 Å². The summed E-state index contributed by atoms with van der Waals surface area (Å²) in [6, 6.07) is 13.9. The molecule has 1 aliphatic rings. The third-order valence-corrected chi connectivity index (χ3v) is 4.74. The fraction of sp³-hybridized carbons (Fsp3) is 0.400. The van der Waals surface area contributed by atoms with Crippen molar-refractivity contribution in [3.63, 3.8) is 0 Å². The van der Waals surface area contributed by atoms with Gasteiger partial charge in [-0.3, -0.25) is 14.7 Å². The molecule has 1 atom stereocenters. The minimum atomic E-state index is -0.243. The van der Waals surface area contributed by atoms with Crippen molar-refractivity contribution < 1.29 is 4.79 Å². The maximum absolute atomic E-state index is 12.3. The number of nitrogens with one attached hydrogen (secondary N) is 1. The Morgan fingerprint density at radius 2 is 1.74 bits per heavy atom. The van der Waals surface area contributed by atoms with Gasteiger partial charge < -0.3 is 11.1 Å². The van der Waals surface area contributed by atoms with Crippen molar-refractivity contribution in [3.8, 4) is 0 Å². The van der Waals surface area contributed by atoms with Crippen molar-refractivity contribution in [2.75, 3.05) is 13.1 Å². The van der Waals surface area contributed by atoms with Gasteiger partial charge in [0.1, 0.15) is 0 Å². The number of benzene rings is 1. The van der Waals surface area contributed by atoms with Crippen LogP contribution in [0.1, 0.15) is 36.4 Å². The van der Waals surface area contributed by atoms with E-state index < -0.39 is 0 Å². The van der Waals surface area contributed by atoms with Crippen LogP contribution in [-0.4, -0.2) is 34.9 Å². The lowest BCUT2D eigenvalue weighted by Crippen LogP contribution is -2.44. The van der Waals surface area contributed by atoms with Gasteiger partial charge in [0.05, 0.1) is 0 Å². The number of carbonyl (C=O) groups is 1. The maximum atomic E-state index is 12.3. The number of nitrogens with two attached hydrogens (primary N) is 1. The minimum absolute atomic E-state index is 0. The van der Waals surface area contributed by atoms with Gasteiger partial charge in [0.15, 0.2) is 0 Å². The lowest BCUT2D eigenvalue weighted by atomic mass is 10.0. The smallest absolute Gasteiger partial charge is 0.222 e. The molecule has 1 aromatic carbocycles. The third kappa shape index (κ3) is 7.46. The highest BCUT2D eigenvalue weighted by molar-refractivity contribution is 5.85. The van der Waals surface area contributed by atoms with Crippen molar-refractivity contribution in [2.45, 2.75) is 37.9 Å². The summed E-state index contributed by atoms with van der Waals surface area (Å²) in [5, 5.41) is 3.15. The number of rotatable bonds is 6. The lowest BCUT2D eigenvalue weighted by Gasteiger charge is -2.32. The van der Waals surface area contributed by atoms with E-state index in [0.717, 1.165) is 38.0 Å². The van der Waals surface area contributed by atoms with E-state index in [2.05, 4.69) is 27.3 Å². The van der Waals surface area contributed by atoms with Gasteiger partial charge >= 0.3 is 0 Å². The summed E-state index contributed by atoms with van der Waals surface area (Å²) in [6.07, 6.45) is 5.96. The molecular weight excluding hydrogens is 383 g/mol. The van der Waals surface area contributed by atoms with E-state index in [-0.39, 0.29) is 42.8 Å². The zero-order valence-electron chi connectivity index (χ0n) is 15.3. The van der Waals surface area contributed by atoms with Crippen LogP contribution in [0.25, 0.3) is 0 Å². The Bertz CT molecular complexity index is 664. The summed E-state index contributed by atoms with van der Waals surface area (Å²) in [6.45, 7) is 2.94. The number of halogens is 2. The standard InChI is InChI=1S/C20H26N4O.2ClH/c21-19(17-4-2-1-3-5-17)14-20(25)23-18-8-12-24(13-9-18)15-16-6-10-22-11-7-16;;/h1-7,10-11,18-19H,8-9,12-15,21H2,(H,23,25);2*1H. The number of aromatic nitrogens is 1. The SMILES string of the molecule is Cl.Cl.NC(CC(=O)NC1CCN(Cc2ccncc2)CC1)c1ccccc1. The molecule has 7 heteroatoms. The molecule has 0 bridgehead atoms. The number of hydrogen-bond donors (Lipinski definition) is 2. The molecule has 3 N–H and O–H groups in total. The number of carbonyl (C=O) groups excluding carboxylic acids is 1. The largest absolute Gasteiger partial charge is 0.353 e. The van der Waals surface area contributed by atoms with Crippen molar-refractivity contribution in [3.05, 3.63) is 66.0 Å². The zero-order chi connectivity index (χ0) is 17.5. The van der Waals surface area contributed by atoms with Crippen LogP contribution >= 0.6 is 24.8 Å². The molecule has 1 fully saturated rings. The first-order chi connectivity index (χ1) is 12.2. The molecular formula is C20H28Cl2N4O. The quantitative estimate of drug-likeness (QED) is 0.767. The van der Waals surface area contributed by atoms with Crippen LogP contribution < -0.4 is 11.1 Å². The molecule has 148 valence electrons. The van der Waals surface area contributed by atoms with E-state index in [1.165, 1.54) is 5.56 Å². The molecule has 27 heavy (non-hydrogen) atoms. The summed E-state index contributed by atoms with van der Waals surface area (Å²) in [4.78, 5) is 18.7. The van der Waals surface area contributed by atoms with Crippen molar-refractivity contribution in [1.82, 2.24) is 15.2 Å². The number of piperidine rings is 1. The molecule has 0 aliphatic carbocycles. The molecule has 0 saturated carbocycles. The first kappa shape index (κ1) is 23.4.